The van der Waals surface area contributed by atoms with E-state index in [9.17, 15) is 4.79 Å². The number of amides is 1. The van der Waals surface area contributed by atoms with Crippen molar-refractivity contribution in [1.29, 1.82) is 0 Å². The fourth-order valence-corrected chi connectivity index (χ4v) is 3.12. The van der Waals surface area contributed by atoms with Gasteiger partial charge in [-0.05, 0) is 51.0 Å². The minimum atomic E-state index is -0.191. The van der Waals surface area contributed by atoms with Gasteiger partial charge in [0, 0.05) is 10.9 Å². The summed E-state index contributed by atoms with van der Waals surface area (Å²) in [5.74, 6) is 0.949. The van der Waals surface area contributed by atoms with E-state index in [0.717, 1.165) is 28.7 Å². The molecule has 0 fully saturated rings. The predicted molar refractivity (Wildman–Crippen MR) is 104 cm³/mol. The van der Waals surface area contributed by atoms with Gasteiger partial charge in [-0.3, -0.25) is 4.79 Å². The molecule has 26 heavy (non-hydrogen) atoms. The first kappa shape index (κ1) is 18.1. The molecule has 0 saturated heterocycles. The summed E-state index contributed by atoms with van der Waals surface area (Å²) in [5.41, 5.74) is 3.82. The second-order valence-corrected chi connectivity index (χ2v) is 6.49. The Morgan fingerprint density at radius 3 is 2.50 bits per heavy atom. The lowest BCUT2D eigenvalue weighted by atomic mass is 10.0. The fourth-order valence-electron chi connectivity index (χ4n) is 3.12. The minimum absolute atomic E-state index is 0.0466. The predicted octanol–water partition coefficient (Wildman–Crippen LogP) is 5.33. The summed E-state index contributed by atoms with van der Waals surface area (Å²) >= 11 is 0. The lowest BCUT2D eigenvalue weighted by Gasteiger charge is -2.17. The summed E-state index contributed by atoms with van der Waals surface area (Å²) < 4.78 is 11.4. The van der Waals surface area contributed by atoms with E-state index in [1.54, 1.807) is 0 Å². The highest BCUT2D eigenvalue weighted by molar-refractivity contribution is 5.99. The van der Waals surface area contributed by atoms with Gasteiger partial charge in [-0.1, -0.05) is 36.8 Å². The molecule has 2 aromatic carbocycles. The van der Waals surface area contributed by atoms with Crippen molar-refractivity contribution in [2.24, 2.45) is 0 Å². The first-order valence-corrected chi connectivity index (χ1v) is 9.06. The summed E-state index contributed by atoms with van der Waals surface area (Å²) in [5, 5.41) is 4.00. The molecular formula is C22H25NO3. The molecular weight excluding hydrogens is 326 g/mol. The Balaban J connectivity index is 1.86. The SMILES string of the molecule is CCOc1ccc2oc(C(=O)NC(CC)c3ccc(C)cc3)c(C)c2c1. The maximum absolute atomic E-state index is 12.8. The van der Waals surface area contributed by atoms with Crippen LogP contribution in [-0.2, 0) is 0 Å². The van der Waals surface area contributed by atoms with Gasteiger partial charge < -0.3 is 14.5 Å². The van der Waals surface area contributed by atoms with Crippen molar-refractivity contribution in [2.45, 2.75) is 40.2 Å². The molecule has 136 valence electrons. The average molecular weight is 351 g/mol. The molecule has 1 N–H and O–H groups in total. The lowest BCUT2D eigenvalue weighted by Crippen LogP contribution is -2.28. The Morgan fingerprint density at radius 1 is 1.12 bits per heavy atom. The van der Waals surface area contributed by atoms with Crippen LogP contribution in [0.5, 0.6) is 5.75 Å². The molecule has 0 aliphatic rings. The molecule has 4 heteroatoms. The number of hydrogen-bond acceptors (Lipinski definition) is 3. The highest BCUT2D eigenvalue weighted by atomic mass is 16.5. The van der Waals surface area contributed by atoms with Crippen LogP contribution in [0.3, 0.4) is 0 Å². The molecule has 0 bridgehead atoms. The molecule has 1 unspecified atom stereocenters. The Kier molecular flexibility index (Phi) is 5.31. The van der Waals surface area contributed by atoms with Gasteiger partial charge in [0.2, 0.25) is 0 Å². The normalized spacial score (nSPS) is 12.2. The smallest absolute Gasteiger partial charge is 0.287 e. The molecule has 1 amide bonds. The summed E-state index contributed by atoms with van der Waals surface area (Å²) in [6.07, 6.45) is 0.808. The molecule has 0 aliphatic carbocycles. The molecule has 0 aliphatic heterocycles. The Labute approximate surface area is 154 Å². The molecule has 4 nitrogen and oxygen atoms in total. The number of nitrogens with one attached hydrogen (secondary N) is 1. The first-order valence-electron chi connectivity index (χ1n) is 9.06. The number of hydrogen-bond donors (Lipinski definition) is 1. The van der Waals surface area contributed by atoms with E-state index in [1.807, 2.05) is 32.0 Å². The van der Waals surface area contributed by atoms with Gasteiger partial charge in [0.1, 0.15) is 11.3 Å². The van der Waals surface area contributed by atoms with Gasteiger partial charge in [-0.2, -0.15) is 0 Å². The van der Waals surface area contributed by atoms with E-state index in [-0.39, 0.29) is 11.9 Å². The van der Waals surface area contributed by atoms with Crippen molar-refractivity contribution in [1.82, 2.24) is 5.32 Å². The van der Waals surface area contributed by atoms with E-state index in [4.69, 9.17) is 9.15 Å². The van der Waals surface area contributed by atoms with Crippen molar-refractivity contribution in [3.8, 4) is 5.75 Å². The molecule has 0 saturated carbocycles. The van der Waals surface area contributed by atoms with Crippen LogP contribution >= 0.6 is 0 Å². The van der Waals surface area contributed by atoms with Crippen LogP contribution in [0.1, 0.15) is 53.6 Å². The third kappa shape index (κ3) is 3.59. The fraction of sp³-hybridized carbons (Fsp3) is 0.318. The zero-order valence-corrected chi connectivity index (χ0v) is 15.8. The van der Waals surface area contributed by atoms with E-state index < -0.39 is 0 Å². The van der Waals surface area contributed by atoms with Crippen LogP contribution in [0.25, 0.3) is 11.0 Å². The number of ether oxygens (including phenoxy) is 1. The van der Waals surface area contributed by atoms with Crippen molar-refractivity contribution in [2.75, 3.05) is 6.61 Å². The van der Waals surface area contributed by atoms with Crippen LogP contribution in [0.15, 0.2) is 46.9 Å². The summed E-state index contributed by atoms with van der Waals surface area (Å²) in [4.78, 5) is 12.8. The summed E-state index contributed by atoms with van der Waals surface area (Å²) in [6, 6.07) is 13.8. The largest absolute Gasteiger partial charge is 0.494 e. The van der Waals surface area contributed by atoms with Crippen LogP contribution in [0.4, 0.5) is 0 Å². The van der Waals surface area contributed by atoms with Crippen LogP contribution < -0.4 is 10.1 Å². The maximum Gasteiger partial charge on any atom is 0.287 e. The molecule has 1 heterocycles. The van der Waals surface area contributed by atoms with Crippen LogP contribution in [0, 0.1) is 13.8 Å². The van der Waals surface area contributed by atoms with E-state index >= 15 is 0 Å². The van der Waals surface area contributed by atoms with E-state index in [2.05, 4.69) is 43.4 Å². The Bertz CT molecular complexity index is 909. The van der Waals surface area contributed by atoms with Gasteiger partial charge >= 0.3 is 0 Å². The quantitative estimate of drug-likeness (QED) is 0.653. The molecule has 1 atom stereocenters. The maximum atomic E-state index is 12.8. The third-order valence-corrected chi connectivity index (χ3v) is 4.62. The second-order valence-electron chi connectivity index (χ2n) is 6.49. The number of carbonyl (C=O) groups excluding carboxylic acids is 1. The number of furan rings is 1. The highest BCUT2D eigenvalue weighted by Crippen LogP contribution is 2.29. The van der Waals surface area contributed by atoms with Gasteiger partial charge in [-0.15, -0.1) is 0 Å². The number of fused-ring (bicyclic) bond motifs is 1. The number of rotatable bonds is 6. The zero-order valence-electron chi connectivity index (χ0n) is 15.8. The highest BCUT2D eigenvalue weighted by Gasteiger charge is 2.21. The molecule has 1 aromatic heterocycles. The van der Waals surface area contributed by atoms with Crippen LogP contribution in [-0.4, -0.2) is 12.5 Å². The average Bonchev–Trinajstić information content (AvgIpc) is 2.97. The number of benzene rings is 2. The molecule has 3 rings (SSSR count). The van der Waals surface area contributed by atoms with E-state index in [1.165, 1.54) is 5.56 Å². The second kappa shape index (κ2) is 7.65. The van der Waals surface area contributed by atoms with Crippen LogP contribution in [0.2, 0.25) is 0 Å². The van der Waals surface area contributed by atoms with Gasteiger partial charge in [0.25, 0.3) is 5.91 Å². The Morgan fingerprint density at radius 2 is 1.85 bits per heavy atom. The molecule has 0 spiro atoms. The standard InChI is InChI=1S/C22H25NO3/c1-5-19(16-9-7-14(3)8-10-16)23-22(24)21-15(4)18-13-17(25-6-2)11-12-20(18)26-21/h7-13,19H,5-6H2,1-4H3,(H,23,24). The Hall–Kier alpha value is -2.75. The van der Waals surface area contributed by atoms with Gasteiger partial charge in [0.15, 0.2) is 5.76 Å². The van der Waals surface area contributed by atoms with Crippen molar-refractivity contribution < 1.29 is 13.9 Å². The van der Waals surface area contributed by atoms with Crippen molar-refractivity contribution in [3.63, 3.8) is 0 Å². The van der Waals surface area contributed by atoms with Gasteiger partial charge in [-0.25, -0.2) is 0 Å². The van der Waals surface area contributed by atoms with E-state index in [0.29, 0.717) is 18.0 Å². The first-order chi connectivity index (χ1) is 12.5. The lowest BCUT2D eigenvalue weighted by molar-refractivity contribution is 0.0909. The monoisotopic (exact) mass is 351 g/mol. The number of aryl methyl sites for hydroxylation is 2. The molecule has 3 aromatic rings. The topological polar surface area (TPSA) is 51.5 Å². The summed E-state index contributed by atoms with van der Waals surface area (Å²) in [7, 11) is 0. The van der Waals surface area contributed by atoms with Crippen molar-refractivity contribution in [3.05, 3.63) is 64.9 Å². The van der Waals surface area contributed by atoms with Crippen molar-refractivity contribution >= 4 is 16.9 Å². The minimum Gasteiger partial charge on any atom is -0.494 e. The third-order valence-electron chi connectivity index (χ3n) is 4.62. The zero-order chi connectivity index (χ0) is 18.7. The summed E-state index contributed by atoms with van der Waals surface area (Å²) in [6.45, 7) is 8.57. The number of carbonyl (C=O) groups is 1. The van der Waals surface area contributed by atoms with Gasteiger partial charge in [0.05, 0.1) is 12.6 Å². The molecule has 0 radical (unpaired) electrons.